The van der Waals surface area contributed by atoms with E-state index in [2.05, 4.69) is 9.82 Å². The maximum Gasteiger partial charge on any atom is 0.327 e. The molecule has 2 rings (SSSR count). The summed E-state index contributed by atoms with van der Waals surface area (Å²) in [5.74, 6) is 0.757. The molecular formula is C21H31N3O5S. The van der Waals surface area contributed by atoms with E-state index in [9.17, 15) is 9.35 Å². The van der Waals surface area contributed by atoms with Crippen LogP contribution in [-0.4, -0.2) is 45.9 Å². The summed E-state index contributed by atoms with van der Waals surface area (Å²) in [5.41, 5.74) is 2.41. The first-order valence-electron chi connectivity index (χ1n) is 9.73. The molecule has 166 valence electrons. The van der Waals surface area contributed by atoms with Crippen LogP contribution in [0.15, 0.2) is 24.5 Å². The minimum absolute atomic E-state index is 0.0233. The van der Waals surface area contributed by atoms with Crippen molar-refractivity contribution in [1.82, 2.24) is 14.5 Å². The van der Waals surface area contributed by atoms with E-state index < -0.39 is 11.4 Å². The fourth-order valence-corrected chi connectivity index (χ4v) is 3.59. The number of hydrogen-bond donors (Lipinski definition) is 1. The average molecular weight is 438 g/mol. The topological polar surface area (TPSA) is 97.7 Å². The van der Waals surface area contributed by atoms with E-state index in [0.29, 0.717) is 18.1 Å². The van der Waals surface area contributed by atoms with Gasteiger partial charge in [-0.3, -0.25) is 9.48 Å². The summed E-state index contributed by atoms with van der Waals surface area (Å²) in [6.45, 7) is 9.80. The van der Waals surface area contributed by atoms with Crippen molar-refractivity contribution < 1.29 is 23.6 Å². The second-order valence-electron chi connectivity index (χ2n) is 7.76. The van der Waals surface area contributed by atoms with Gasteiger partial charge in [-0.25, -0.2) is 0 Å². The molecule has 0 aliphatic carbocycles. The molecule has 0 fully saturated rings. The van der Waals surface area contributed by atoms with Crippen molar-refractivity contribution in [1.29, 1.82) is 0 Å². The molecule has 0 radical (unpaired) electrons. The second kappa shape index (κ2) is 10.2. The summed E-state index contributed by atoms with van der Waals surface area (Å²) in [4.78, 5) is 11.7. The summed E-state index contributed by atoms with van der Waals surface area (Å²) < 4.78 is 32.9. The Balaban J connectivity index is 2.40. The van der Waals surface area contributed by atoms with Crippen LogP contribution in [0.1, 0.15) is 46.2 Å². The van der Waals surface area contributed by atoms with Gasteiger partial charge in [0.15, 0.2) is 11.5 Å². The Kier molecular flexibility index (Phi) is 8.17. The molecule has 0 amide bonds. The van der Waals surface area contributed by atoms with E-state index in [1.165, 1.54) is 4.68 Å². The Morgan fingerprint density at radius 3 is 2.57 bits per heavy atom. The van der Waals surface area contributed by atoms with Gasteiger partial charge < -0.3 is 18.8 Å². The quantitative estimate of drug-likeness (QED) is 0.475. The van der Waals surface area contributed by atoms with Gasteiger partial charge in [-0.2, -0.15) is 5.10 Å². The van der Waals surface area contributed by atoms with Crippen LogP contribution in [0.3, 0.4) is 0 Å². The number of rotatable bonds is 9. The van der Waals surface area contributed by atoms with Crippen LogP contribution in [0.25, 0.3) is 11.1 Å². The molecule has 0 saturated carbocycles. The highest BCUT2D eigenvalue weighted by atomic mass is 32.2. The Bertz CT molecular complexity index is 863. The zero-order valence-electron chi connectivity index (χ0n) is 18.6. The van der Waals surface area contributed by atoms with E-state index in [1.807, 2.05) is 39.8 Å². The number of carbonyl (C=O) groups is 1. The highest BCUT2D eigenvalue weighted by Crippen LogP contribution is 2.40. The van der Waals surface area contributed by atoms with Crippen LogP contribution in [0, 0.1) is 0 Å². The zero-order valence-corrected chi connectivity index (χ0v) is 19.5. The minimum atomic E-state index is -1.23. The van der Waals surface area contributed by atoms with E-state index in [4.69, 9.17) is 14.2 Å². The van der Waals surface area contributed by atoms with Crippen LogP contribution in [0.5, 0.6) is 11.5 Å². The van der Waals surface area contributed by atoms with E-state index >= 15 is 0 Å². The fourth-order valence-electron chi connectivity index (χ4n) is 2.78. The summed E-state index contributed by atoms with van der Waals surface area (Å²) >= 11 is -1.23. The SMILES string of the molecule is CCOC(=O)Cn1cc(-c2cc([C@@H](C)N[S+]([O-])C(C)(C)C)cc(OC)c2OC)cn1. The first kappa shape index (κ1) is 24.0. The third-order valence-corrected chi connectivity index (χ3v) is 6.06. The number of nitrogens with zero attached hydrogens (tertiary/aromatic N) is 2. The predicted molar refractivity (Wildman–Crippen MR) is 117 cm³/mol. The molecule has 0 aliphatic heterocycles. The van der Waals surface area contributed by atoms with Crippen molar-refractivity contribution in [2.45, 2.75) is 52.0 Å². The second-order valence-corrected chi connectivity index (χ2v) is 9.75. The van der Waals surface area contributed by atoms with Gasteiger partial charge in [0.05, 0.1) is 33.1 Å². The van der Waals surface area contributed by atoms with E-state index in [0.717, 1.165) is 16.7 Å². The maximum atomic E-state index is 12.5. The predicted octanol–water partition coefficient (Wildman–Crippen LogP) is 3.24. The molecule has 0 spiro atoms. The van der Waals surface area contributed by atoms with Crippen molar-refractivity contribution in [2.24, 2.45) is 0 Å². The highest BCUT2D eigenvalue weighted by molar-refractivity contribution is 7.90. The molecule has 1 heterocycles. The van der Waals surface area contributed by atoms with E-state index in [1.54, 1.807) is 33.5 Å². The van der Waals surface area contributed by atoms with E-state index in [-0.39, 0.29) is 23.3 Å². The molecule has 1 aromatic carbocycles. The number of benzene rings is 1. The smallest absolute Gasteiger partial charge is 0.327 e. The van der Waals surface area contributed by atoms with Crippen molar-refractivity contribution in [3.63, 3.8) is 0 Å². The lowest BCUT2D eigenvalue weighted by molar-refractivity contribution is -0.144. The molecule has 0 bridgehead atoms. The van der Waals surface area contributed by atoms with Gasteiger partial charge >= 0.3 is 5.97 Å². The molecular weight excluding hydrogens is 406 g/mol. The first-order valence-corrected chi connectivity index (χ1v) is 10.9. The Morgan fingerprint density at radius 2 is 2.00 bits per heavy atom. The van der Waals surface area contributed by atoms with Gasteiger partial charge in [0.25, 0.3) is 0 Å². The van der Waals surface area contributed by atoms with Crippen LogP contribution in [-0.2, 0) is 27.4 Å². The van der Waals surface area contributed by atoms with Crippen LogP contribution < -0.4 is 14.2 Å². The van der Waals surface area contributed by atoms with Gasteiger partial charge in [-0.05, 0) is 52.3 Å². The molecule has 2 aromatic rings. The number of esters is 1. The fraction of sp³-hybridized carbons (Fsp3) is 0.524. The number of methoxy groups -OCH3 is 2. The molecule has 1 N–H and O–H groups in total. The van der Waals surface area contributed by atoms with Gasteiger partial charge in [-0.15, -0.1) is 4.72 Å². The summed E-state index contributed by atoms with van der Waals surface area (Å²) in [7, 11) is 3.14. The van der Waals surface area contributed by atoms with Crippen LogP contribution >= 0.6 is 0 Å². The third-order valence-electron chi connectivity index (χ3n) is 4.38. The standard InChI is InChI=1S/C21H31N3O5S/c1-8-29-19(25)13-24-12-16(11-22-24)17-9-15(10-18(27-6)20(17)28-7)14(2)23-30(26)21(3,4)5/h9-12,14,23H,8,13H2,1-7H3/t14-,30?/m1/s1. The summed E-state index contributed by atoms with van der Waals surface area (Å²) in [5, 5.41) is 4.26. The van der Waals surface area contributed by atoms with Crippen molar-refractivity contribution in [3.8, 4) is 22.6 Å². The van der Waals surface area contributed by atoms with Gasteiger partial charge in [0.2, 0.25) is 0 Å². The molecule has 30 heavy (non-hydrogen) atoms. The summed E-state index contributed by atoms with van der Waals surface area (Å²) in [6.07, 6.45) is 3.41. The van der Waals surface area contributed by atoms with Crippen molar-refractivity contribution in [3.05, 3.63) is 30.1 Å². The lowest BCUT2D eigenvalue weighted by Gasteiger charge is -2.27. The number of ether oxygens (including phenoxy) is 3. The van der Waals surface area contributed by atoms with Crippen molar-refractivity contribution >= 4 is 17.3 Å². The molecule has 1 unspecified atom stereocenters. The normalized spacial score (nSPS) is 13.6. The Morgan fingerprint density at radius 1 is 1.30 bits per heavy atom. The number of carbonyl (C=O) groups excluding carboxylic acids is 1. The molecule has 0 saturated heterocycles. The first-order chi connectivity index (χ1) is 14.1. The Hall–Kier alpha value is -2.23. The number of aromatic nitrogens is 2. The van der Waals surface area contributed by atoms with Gasteiger partial charge in [-0.1, -0.05) is 0 Å². The lowest BCUT2D eigenvalue weighted by atomic mass is 10.0. The monoisotopic (exact) mass is 437 g/mol. The lowest BCUT2D eigenvalue weighted by Crippen LogP contribution is -2.40. The van der Waals surface area contributed by atoms with Gasteiger partial charge in [0.1, 0.15) is 11.3 Å². The number of nitrogens with one attached hydrogen (secondary N) is 1. The van der Waals surface area contributed by atoms with Crippen LogP contribution in [0.4, 0.5) is 0 Å². The number of hydrogen-bond acceptors (Lipinski definition) is 7. The highest BCUT2D eigenvalue weighted by Gasteiger charge is 2.29. The maximum absolute atomic E-state index is 12.5. The zero-order chi connectivity index (χ0) is 22.5. The molecule has 8 nitrogen and oxygen atoms in total. The minimum Gasteiger partial charge on any atom is -0.598 e. The molecule has 9 heteroatoms. The molecule has 2 atom stereocenters. The molecule has 0 aliphatic rings. The molecule has 1 aromatic heterocycles. The third kappa shape index (κ3) is 5.90. The Labute approximate surface area is 181 Å². The average Bonchev–Trinajstić information content (AvgIpc) is 3.14. The van der Waals surface area contributed by atoms with Gasteiger partial charge in [0, 0.05) is 28.7 Å². The van der Waals surface area contributed by atoms with Crippen molar-refractivity contribution in [2.75, 3.05) is 20.8 Å². The van der Waals surface area contributed by atoms with Crippen LogP contribution in [0.2, 0.25) is 0 Å². The largest absolute Gasteiger partial charge is 0.598 e. The summed E-state index contributed by atoms with van der Waals surface area (Å²) in [6, 6.07) is 3.62.